The summed E-state index contributed by atoms with van der Waals surface area (Å²) in [6.45, 7) is 6.72. The van der Waals surface area contributed by atoms with Gasteiger partial charge >= 0.3 is 5.97 Å². The van der Waals surface area contributed by atoms with Crippen LogP contribution in [-0.4, -0.2) is 21.5 Å². The van der Waals surface area contributed by atoms with Gasteiger partial charge in [0.15, 0.2) is 0 Å². The van der Waals surface area contributed by atoms with Crippen molar-refractivity contribution in [1.29, 1.82) is 0 Å². The van der Waals surface area contributed by atoms with Crippen molar-refractivity contribution in [3.63, 3.8) is 0 Å². The van der Waals surface area contributed by atoms with Gasteiger partial charge in [-0.3, -0.25) is 14.9 Å². The molecule has 0 aromatic heterocycles. The van der Waals surface area contributed by atoms with Crippen molar-refractivity contribution in [3.05, 3.63) is 34.4 Å². The molecule has 0 aliphatic rings. The number of nitro benzene ring substituents is 1. The summed E-state index contributed by atoms with van der Waals surface area (Å²) in [5.41, 5.74) is -1.31. The molecule has 0 bridgehead atoms. The normalized spacial score (nSPS) is 12.0. The van der Waals surface area contributed by atoms with Gasteiger partial charge in [-0.1, -0.05) is 6.07 Å². The molecule has 1 rings (SSSR count). The standard InChI is InChI=1S/C13H18N2O4/c1-12(2,11(16)17)13(3,4)14-9-6-5-7-10(8-9)15(18)19/h5-8,14H,1-4H3,(H,16,17). The van der Waals surface area contributed by atoms with E-state index in [4.69, 9.17) is 0 Å². The Morgan fingerprint density at radius 1 is 1.32 bits per heavy atom. The fourth-order valence-corrected chi connectivity index (χ4v) is 1.48. The van der Waals surface area contributed by atoms with Gasteiger partial charge in [-0.2, -0.15) is 0 Å². The van der Waals surface area contributed by atoms with Crippen molar-refractivity contribution in [2.24, 2.45) is 5.41 Å². The summed E-state index contributed by atoms with van der Waals surface area (Å²) in [5, 5.41) is 23.0. The Morgan fingerprint density at radius 3 is 2.37 bits per heavy atom. The van der Waals surface area contributed by atoms with E-state index in [1.165, 1.54) is 12.1 Å². The Kier molecular flexibility index (Phi) is 3.83. The molecule has 0 saturated heterocycles. The highest BCUT2D eigenvalue weighted by atomic mass is 16.6. The maximum Gasteiger partial charge on any atom is 0.311 e. The molecule has 0 aliphatic heterocycles. The van der Waals surface area contributed by atoms with Crippen molar-refractivity contribution in [3.8, 4) is 0 Å². The van der Waals surface area contributed by atoms with Gasteiger partial charge in [-0.25, -0.2) is 0 Å². The number of carboxylic acids is 1. The number of nitrogens with zero attached hydrogens (tertiary/aromatic N) is 1. The summed E-state index contributed by atoms with van der Waals surface area (Å²) in [4.78, 5) is 21.5. The zero-order valence-electron chi connectivity index (χ0n) is 11.4. The summed E-state index contributed by atoms with van der Waals surface area (Å²) in [6.07, 6.45) is 0. The van der Waals surface area contributed by atoms with Crippen LogP contribution in [-0.2, 0) is 4.79 Å². The molecule has 6 nitrogen and oxygen atoms in total. The molecule has 0 amide bonds. The van der Waals surface area contributed by atoms with Gasteiger partial charge in [0.05, 0.1) is 10.3 Å². The molecular formula is C13H18N2O4. The molecule has 0 saturated carbocycles. The van der Waals surface area contributed by atoms with E-state index in [9.17, 15) is 20.0 Å². The maximum atomic E-state index is 11.3. The van der Waals surface area contributed by atoms with Gasteiger partial charge in [0.25, 0.3) is 5.69 Å². The number of hydrogen-bond donors (Lipinski definition) is 2. The molecule has 6 heteroatoms. The highest BCUT2D eigenvalue weighted by Gasteiger charge is 2.43. The molecule has 0 heterocycles. The fourth-order valence-electron chi connectivity index (χ4n) is 1.48. The SMILES string of the molecule is CC(C)(Nc1cccc([N+](=O)[O-])c1)C(C)(C)C(=O)O. The van der Waals surface area contributed by atoms with E-state index in [1.54, 1.807) is 39.8 Å². The van der Waals surface area contributed by atoms with E-state index in [0.717, 1.165) is 0 Å². The van der Waals surface area contributed by atoms with Crippen LogP contribution in [0.2, 0.25) is 0 Å². The largest absolute Gasteiger partial charge is 0.481 e. The number of non-ortho nitro benzene ring substituents is 1. The highest BCUT2D eigenvalue weighted by Crippen LogP contribution is 2.34. The second-order valence-corrected chi connectivity index (χ2v) is 5.49. The fraction of sp³-hybridized carbons (Fsp3) is 0.462. The number of carbonyl (C=O) groups is 1. The van der Waals surface area contributed by atoms with Crippen molar-refractivity contribution in [2.75, 3.05) is 5.32 Å². The number of rotatable bonds is 5. The average molecular weight is 266 g/mol. The topological polar surface area (TPSA) is 92.5 Å². The van der Waals surface area contributed by atoms with Gasteiger partial charge < -0.3 is 10.4 Å². The molecule has 1 aromatic rings. The molecule has 0 aliphatic carbocycles. The lowest BCUT2D eigenvalue weighted by atomic mass is 9.74. The highest BCUT2D eigenvalue weighted by molar-refractivity contribution is 5.76. The first-order valence-electron chi connectivity index (χ1n) is 5.84. The Morgan fingerprint density at radius 2 is 1.89 bits per heavy atom. The predicted octanol–water partition coefficient (Wildman–Crippen LogP) is 2.90. The average Bonchev–Trinajstić information content (AvgIpc) is 2.28. The van der Waals surface area contributed by atoms with Crippen molar-refractivity contribution in [1.82, 2.24) is 0 Å². The van der Waals surface area contributed by atoms with Gasteiger partial charge in [-0.15, -0.1) is 0 Å². The van der Waals surface area contributed by atoms with Crippen molar-refractivity contribution in [2.45, 2.75) is 33.2 Å². The van der Waals surface area contributed by atoms with Crippen LogP contribution in [0.3, 0.4) is 0 Å². The van der Waals surface area contributed by atoms with Gasteiger partial charge in [0, 0.05) is 23.4 Å². The number of nitro groups is 1. The lowest BCUT2D eigenvalue weighted by Gasteiger charge is -2.39. The molecule has 1 aromatic carbocycles. The number of nitrogens with one attached hydrogen (secondary N) is 1. The second-order valence-electron chi connectivity index (χ2n) is 5.49. The van der Waals surface area contributed by atoms with Crippen LogP contribution in [0.5, 0.6) is 0 Å². The zero-order valence-corrected chi connectivity index (χ0v) is 11.4. The van der Waals surface area contributed by atoms with Crippen LogP contribution >= 0.6 is 0 Å². The predicted molar refractivity (Wildman–Crippen MR) is 72.2 cm³/mol. The first-order chi connectivity index (χ1) is 8.58. The van der Waals surface area contributed by atoms with Crippen molar-refractivity contribution < 1.29 is 14.8 Å². The third-order valence-corrected chi connectivity index (χ3v) is 3.61. The lowest BCUT2D eigenvalue weighted by Crippen LogP contribution is -2.50. The number of carboxylic acid groups (broad SMARTS) is 1. The summed E-state index contributed by atoms with van der Waals surface area (Å²) in [7, 11) is 0. The molecule has 104 valence electrons. The smallest absolute Gasteiger partial charge is 0.311 e. The van der Waals surface area contributed by atoms with Crippen LogP contribution in [0.25, 0.3) is 0 Å². The molecular weight excluding hydrogens is 248 g/mol. The molecule has 0 radical (unpaired) electrons. The van der Waals surface area contributed by atoms with Crippen LogP contribution in [0.15, 0.2) is 24.3 Å². The van der Waals surface area contributed by atoms with Gasteiger partial charge in [-0.05, 0) is 33.8 Å². The maximum absolute atomic E-state index is 11.3. The molecule has 0 atom stereocenters. The van der Waals surface area contributed by atoms with Gasteiger partial charge in [0.2, 0.25) is 0 Å². The van der Waals surface area contributed by atoms with E-state index in [-0.39, 0.29) is 5.69 Å². The van der Waals surface area contributed by atoms with E-state index in [1.807, 2.05) is 0 Å². The second kappa shape index (κ2) is 4.87. The minimum atomic E-state index is -1.03. The Balaban J connectivity index is 3.05. The molecule has 19 heavy (non-hydrogen) atoms. The Labute approximate surface area is 111 Å². The van der Waals surface area contributed by atoms with E-state index < -0.39 is 21.8 Å². The van der Waals surface area contributed by atoms with Crippen molar-refractivity contribution >= 4 is 17.3 Å². The Bertz CT molecular complexity index is 509. The van der Waals surface area contributed by atoms with Crippen LogP contribution in [0.4, 0.5) is 11.4 Å². The minimum Gasteiger partial charge on any atom is -0.481 e. The quantitative estimate of drug-likeness (QED) is 0.631. The summed E-state index contributed by atoms with van der Waals surface area (Å²) in [5.74, 6) is -0.935. The molecule has 0 fully saturated rings. The third kappa shape index (κ3) is 3.01. The first kappa shape index (κ1) is 14.9. The van der Waals surface area contributed by atoms with Crippen LogP contribution in [0.1, 0.15) is 27.7 Å². The minimum absolute atomic E-state index is 0.0334. The van der Waals surface area contributed by atoms with Gasteiger partial charge in [0.1, 0.15) is 0 Å². The molecule has 2 N–H and O–H groups in total. The number of aliphatic carboxylic acids is 1. The first-order valence-corrected chi connectivity index (χ1v) is 5.84. The van der Waals surface area contributed by atoms with Crippen LogP contribution in [0, 0.1) is 15.5 Å². The van der Waals surface area contributed by atoms with E-state index >= 15 is 0 Å². The third-order valence-electron chi connectivity index (χ3n) is 3.61. The van der Waals surface area contributed by atoms with E-state index in [0.29, 0.717) is 5.69 Å². The molecule has 0 spiro atoms. The van der Waals surface area contributed by atoms with E-state index in [2.05, 4.69) is 5.32 Å². The zero-order chi connectivity index (χ0) is 14.8. The number of anilines is 1. The summed E-state index contributed by atoms with van der Waals surface area (Å²) in [6, 6.07) is 6.01. The molecule has 0 unspecified atom stereocenters. The number of benzene rings is 1. The number of hydrogen-bond acceptors (Lipinski definition) is 4. The lowest BCUT2D eigenvalue weighted by molar-refractivity contribution is -0.384. The summed E-state index contributed by atoms with van der Waals surface area (Å²) >= 11 is 0. The Hall–Kier alpha value is -2.11. The monoisotopic (exact) mass is 266 g/mol. The summed E-state index contributed by atoms with van der Waals surface area (Å²) < 4.78 is 0. The van der Waals surface area contributed by atoms with Crippen LogP contribution < -0.4 is 5.32 Å².